The van der Waals surface area contributed by atoms with Gasteiger partial charge in [0.1, 0.15) is 10.7 Å². The second-order valence-electron chi connectivity index (χ2n) is 1.20. The molecule has 0 aliphatic heterocycles. The SMILES string of the molecule is N=S(C(F)(F)F)C(F)(F)F.P. The average Bonchev–Trinajstić information content (AvgIpc) is 1.59. The van der Waals surface area contributed by atoms with Crippen molar-refractivity contribution in [2.45, 2.75) is 11.0 Å². The molecule has 0 rings (SSSR count). The lowest BCUT2D eigenvalue weighted by atomic mass is 11.5. The number of hydrogen-bond donors (Lipinski definition) is 1. The minimum absolute atomic E-state index is 0. The fourth-order valence-electron chi connectivity index (χ4n) is 0.131. The van der Waals surface area contributed by atoms with E-state index in [1.807, 2.05) is 0 Å². The molecule has 0 bridgehead atoms. The Kier molecular flexibility index (Phi) is 4.63. The van der Waals surface area contributed by atoms with Crippen LogP contribution < -0.4 is 0 Å². The zero-order valence-corrected chi connectivity index (χ0v) is 7.11. The van der Waals surface area contributed by atoms with Crippen molar-refractivity contribution < 1.29 is 26.3 Å². The van der Waals surface area contributed by atoms with Crippen molar-refractivity contribution in [1.82, 2.24) is 0 Å². The monoisotopic (exact) mass is 219 g/mol. The molecule has 0 saturated carbocycles. The Morgan fingerprint density at radius 2 is 1.00 bits per heavy atom. The van der Waals surface area contributed by atoms with E-state index in [9.17, 15) is 26.3 Å². The summed E-state index contributed by atoms with van der Waals surface area (Å²) in [6, 6.07) is 0. The highest BCUT2D eigenvalue weighted by Crippen LogP contribution is 2.33. The van der Waals surface area contributed by atoms with Crippen LogP contribution >= 0.6 is 9.90 Å². The molecule has 9 heteroatoms. The smallest absolute Gasteiger partial charge is 0.265 e. The maximum Gasteiger partial charge on any atom is 0.460 e. The molecule has 0 spiro atoms. The van der Waals surface area contributed by atoms with E-state index < -0.39 is 21.7 Å². The van der Waals surface area contributed by atoms with Gasteiger partial charge in [-0.2, -0.15) is 36.2 Å². The van der Waals surface area contributed by atoms with Crippen molar-refractivity contribution in [1.29, 1.82) is 4.78 Å². The van der Waals surface area contributed by atoms with Crippen LogP contribution in [0.25, 0.3) is 0 Å². The zero-order chi connectivity index (χ0) is 8.58. The molecule has 1 unspecified atom stereocenters. The number of nitrogens with one attached hydrogen (secondary N) is 1. The Morgan fingerprint density at radius 3 is 1.00 bits per heavy atom. The molecule has 1 atom stereocenters. The maximum absolute atomic E-state index is 11.0. The van der Waals surface area contributed by atoms with Crippen molar-refractivity contribution in [3.05, 3.63) is 0 Å². The molecule has 0 radical (unpaired) electrons. The summed E-state index contributed by atoms with van der Waals surface area (Å²) < 4.78 is 72.0. The molecular weight excluding hydrogens is 215 g/mol. The zero-order valence-electron chi connectivity index (χ0n) is 4.88. The standard InChI is InChI=1S/C2HF6NS.H3P/c3-1(4,5)10(9)2(6,7)8;/h9H;1H3. The minimum atomic E-state index is -5.49. The van der Waals surface area contributed by atoms with E-state index in [0.717, 1.165) is 0 Å². The molecule has 0 aromatic heterocycles. The summed E-state index contributed by atoms with van der Waals surface area (Å²) in [4.78, 5) is 0. The highest BCUT2D eigenvalue weighted by atomic mass is 32.2. The summed E-state index contributed by atoms with van der Waals surface area (Å²) in [5.41, 5.74) is -11.0. The molecule has 0 fully saturated rings. The van der Waals surface area contributed by atoms with E-state index in [1.54, 1.807) is 0 Å². The molecule has 0 amide bonds. The Morgan fingerprint density at radius 1 is 0.818 bits per heavy atom. The van der Waals surface area contributed by atoms with Crippen LogP contribution in [0.5, 0.6) is 0 Å². The fraction of sp³-hybridized carbons (Fsp3) is 1.00. The minimum Gasteiger partial charge on any atom is -0.265 e. The lowest BCUT2D eigenvalue weighted by Crippen LogP contribution is -2.28. The first-order valence-electron chi connectivity index (χ1n) is 1.75. The normalized spacial score (nSPS) is 13.0. The average molecular weight is 219 g/mol. The van der Waals surface area contributed by atoms with Gasteiger partial charge in [0.15, 0.2) is 0 Å². The molecule has 0 heterocycles. The van der Waals surface area contributed by atoms with Gasteiger partial charge in [0.25, 0.3) is 0 Å². The van der Waals surface area contributed by atoms with Gasteiger partial charge in [-0.15, -0.1) is 0 Å². The summed E-state index contributed by atoms with van der Waals surface area (Å²) in [6.45, 7) is 0. The van der Waals surface area contributed by atoms with Gasteiger partial charge in [0, 0.05) is 0 Å². The van der Waals surface area contributed by atoms with Crippen molar-refractivity contribution in [2.75, 3.05) is 0 Å². The number of halogens is 6. The van der Waals surface area contributed by atoms with Crippen molar-refractivity contribution >= 4 is 20.6 Å². The first kappa shape index (κ1) is 13.7. The van der Waals surface area contributed by atoms with E-state index in [1.165, 1.54) is 0 Å². The predicted molar refractivity (Wildman–Crippen MR) is 33.3 cm³/mol. The molecule has 0 aromatic rings. The second-order valence-corrected chi connectivity index (χ2v) is 2.74. The lowest BCUT2D eigenvalue weighted by Gasteiger charge is -2.11. The Labute approximate surface area is 63.7 Å². The van der Waals surface area contributed by atoms with E-state index in [2.05, 4.69) is 0 Å². The van der Waals surface area contributed by atoms with Gasteiger partial charge in [0.2, 0.25) is 0 Å². The molecule has 1 N–H and O–H groups in total. The summed E-state index contributed by atoms with van der Waals surface area (Å²) in [5, 5.41) is 0. The van der Waals surface area contributed by atoms with E-state index in [4.69, 9.17) is 4.78 Å². The van der Waals surface area contributed by atoms with Gasteiger partial charge >= 0.3 is 11.0 Å². The molecule has 0 aliphatic rings. The summed E-state index contributed by atoms with van der Waals surface area (Å²) in [5.74, 6) is 0. The van der Waals surface area contributed by atoms with Gasteiger partial charge in [-0.3, -0.25) is 4.78 Å². The predicted octanol–water partition coefficient (Wildman–Crippen LogP) is 2.46. The second kappa shape index (κ2) is 3.71. The Hall–Kier alpha value is 0.160. The highest BCUT2D eigenvalue weighted by molar-refractivity contribution is 7.87. The first-order chi connectivity index (χ1) is 4.15. The van der Waals surface area contributed by atoms with Crippen LogP contribution in [0, 0.1) is 4.78 Å². The maximum atomic E-state index is 11.0. The Bertz CT molecular complexity index is 132. The van der Waals surface area contributed by atoms with Crippen LogP contribution in [0.2, 0.25) is 0 Å². The van der Waals surface area contributed by atoms with Gasteiger partial charge in [-0.1, -0.05) is 0 Å². The van der Waals surface area contributed by atoms with Crippen LogP contribution in [0.15, 0.2) is 0 Å². The van der Waals surface area contributed by atoms with Gasteiger partial charge in [0.05, 0.1) is 0 Å². The van der Waals surface area contributed by atoms with Crippen LogP contribution in [0.4, 0.5) is 26.3 Å². The third-order valence-electron chi connectivity index (χ3n) is 0.463. The van der Waals surface area contributed by atoms with Gasteiger partial charge in [-0.05, 0) is 0 Å². The number of hydrogen-bond acceptors (Lipinski definition) is 1. The van der Waals surface area contributed by atoms with Gasteiger partial charge < -0.3 is 0 Å². The molecule has 70 valence electrons. The van der Waals surface area contributed by atoms with Crippen molar-refractivity contribution in [3.63, 3.8) is 0 Å². The van der Waals surface area contributed by atoms with Gasteiger partial charge in [-0.25, -0.2) is 0 Å². The largest absolute Gasteiger partial charge is 0.460 e. The summed E-state index contributed by atoms with van der Waals surface area (Å²) >= 11 is 0. The Balaban J connectivity index is 0. The topological polar surface area (TPSA) is 23.9 Å². The fourth-order valence-corrected chi connectivity index (χ4v) is 0.394. The van der Waals surface area contributed by atoms with Crippen molar-refractivity contribution in [2.24, 2.45) is 0 Å². The summed E-state index contributed by atoms with van der Waals surface area (Å²) in [6.07, 6.45) is 0. The van der Waals surface area contributed by atoms with Crippen LogP contribution in [-0.2, 0) is 10.7 Å². The molecule has 0 saturated heterocycles. The third-order valence-corrected chi connectivity index (χ3v) is 1.39. The molecule has 1 nitrogen and oxygen atoms in total. The van der Waals surface area contributed by atoms with Crippen LogP contribution in [-0.4, -0.2) is 11.0 Å². The molecule has 0 aromatic carbocycles. The van der Waals surface area contributed by atoms with E-state index in [-0.39, 0.29) is 9.90 Å². The van der Waals surface area contributed by atoms with Crippen LogP contribution in [0.3, 0.4) is 0 Å². The molecule has 0 aliphatic carbocycles. The summed E-state index contributed by atoms with van der Waals surface area (Å²) in [7, 11) is -4.25. The van der Waals surface area contributed by atoms with E-state index >= 15 is 0 Å². The van der Waals surface area contributed by atoms with Crippen molar-refractivity contribution in [3.8, 4) is 0 Å². The molecule has 11 heavy (non-hydrogen) atoms. The number of alkyl halides is 6. The highest BCUT2D eigenvalue weighted by Gasteiger charge is 2.50. The van der Waals surface area contributed by atoms with E-state index in [0.29, 0.717) is 0 Å². The molecular formula is C2H4F6NPS. The quantitative estimate of drug-likeness (QED) is 0.478. The lowest BCUT2D eigenvalue weighted by molar-refractivity contribution is -0.0754. The first-order valence-corrected chi connectivity index (χ1v) is 2.97. The third kappa shape index (κ3) is 4.58. The number of rotatable bonds is 0. The van der Waals surface area contributed by atoms with Crippen LogP contribution in [0.1, 0.15) is 0 Å².